The van der Waals surface area contributed by atoms with Crippen LogP contribution in [0.3, 0.4) is 0 Å². The first kappa shape index (κ1) is 17.0. The number of methoxy groups -OCH3 is 2. The molecule has 0 spiro atoms. The SMILES string of the molecule is COc1cc(C(=O)NC(C)c2cc3cc(Cl)ccc3o2)nc(OC)n1. The summed E-state index contributed by atoms with van der Waals surface area (Å²) in [4.78, 5) is 20.4. The van der Waals surface area contributed by atoms with Crippen LogP contribution in [-0.4, -0.2) is 30.1 Å². The van der Waals surface area contributed by atoms with Crippen molar-refractivity contribution in [2.45, 2.75) is 13.0 Å². The molecule has 0 bridgehead atoms. The Labute approximate surface area is 148 Å². The molecule has 3 rings (SSSR count). The molecule has 1 unspecified atom stereocenters. The van der Waals surface area contributed by atoms with Gasteiger partial charge in [0, 0.05) is 16.5 Å². The van der Waals surface area contributed by atoms with Crippen LogP contribution in [-0.2, 0) is 0 Å². The van der Waals surface area contributed by atoms with Crippen molar-refractivity contribution in [1.82, 2.24) is 15.3 Å². The standard InChI is InChI=1S/C17H16ClN3O4/c1-9(14-7-10-6-11(18)4-5-13(10)25-14)19-16(22)12-8-15(23-2)21-17(20-12)24-3/h4-9H,1-3H3,(H,19,22). The number of fused-ring (bicyclic) bond motifs is 1. The lowest BCUT2D eigenvalue weighted by molar-refractivity contribution is 0.0928. The second kappa shape index (κ2) is 6.98. The molecule has 8 heteroatoms. The lowest BCUT2D eigenvalue weighted by atomic mass is 10.2. The molecule has 0 radical (unpaired) electrons. The molecule has 1 atom stereocenters. The summed E-state index contributed by atoms with van der Waals surface area (Å²) in [5.74, 6) is 0.451. The third-order valence-electron chi connectivity index (χ3n) is 3.58. The molecule has 1 amide bonds. The molecule has 0 aliphatic rings. The maximum Gasteiger partial charge on any atom is 0.320 e. The van der Waals surface area contributed by atoms with Gasteiger partial charge in [0.25, 0.3) is 5.91 Å². The first-order valence-electron chi connectivity index (χ1n) is 7.47. The predicted octanol–water partition coefficient (Wildman–Crippen LogP) is 3.38. The zero-order valence-corrected chi connectivity index (χ0v) is 14.6. The van der Waals surface area contributed by atoms with Gasteiger partial charge in [-0.15, -0.1) is 0 Å². The number of carbonyl (C=O) groups is 1. The Balaban J connectivity index is 1.81. The Morgan fingerprint density at radius 1 is 1.20 bits per heavy atom. The first-order chi connectivity index (χ1) is 12.0. The van der Waals surface area contributed by atoms with E-state index in [1.165, 1.54) is 20.3 Å². The minimum atomic E-state index is -0.398. The quantitative estimate of drug-likeness (QED) is 0.749. The van der Waals surface area contributed by atoms with Crippen LogP contribution < -0.4 is 14.8 Å². The Bertz CT molecular complexity index is 903. The number of aromatic nitrogens is 2. The maximum absolute atomic E-state index is 12.5. The third kappa shape index (κ3) is 3.66. The van der Waals surface area contributed by atoms with Crippen molar-refractivity contribution in [3.8, 4) is 11.9 Å². The van der Waals surface area contributed by atoms with Gasteiger partial charge in [-0.2, -0.15) is 9.97 Å². The Morgan fingerprint density at radius 2 is 2.00 bits per heavy atom. The van der Waals surface area contributed by atoms with E-state index in [0.717, 1.165) is 5.39 Å². The minimum absolute atomic E-state index is 0.0514. The fourth-order valence-electron chi connectivity index (χ4n) is 2.31. The van der Waals surface area contributed by atoms with Crippen molar-refractivity contribution in [2.24, 2.45) is 0 Å². The molecule has 1 aromatic carbocycles. The van der Waals surface area contributed by atoms with Gasteiger partial charge in [0.2, 0.25) is 5.88 Å². The van der Waals surface area contributed by atoms with E-state index in [9.17, 15) is 4.79 Å². The minimum Gasteiger partial charge on any atom is -0.481 e. The summed E-state index contributed by atoms with van der Waals surface area (Å²) in [6, 6.07) is 8.30. The fourth-order valence-corrected chi connectivity index (χ4v) is 2.49. The van der Waals surface area contributed by atoms with Crippen LogP contribution >= 0.6 is 11.6 Å². The second-order valence-electron chi connectivity index (χ2n) is 5.31. The molecule has 1 N–H and O–H groups in total. The molecule has 7 nitrogen and oxygen atoms in total. The third-order valence-corrected chi connectivity index (χ3v) is 3.81. The Hall–Kier alpha value is -2.80. The number of carbonyl (C=O) groups excluding carboxylic acids is 1. The lowest BCUT2D eigenvalue weighted by Crippen LogP contribution is -2.27. The zero-order valence-electron chi connectivity index (χ0n) is 13.9. The summed E-state index contributed by atoms with van der Waals surface area (Å²) in [5, 5.41) is 4.31. The van der Waals surface area contributed by atoms with Crippen LogP contribution in [0, 0.1) is 0 Å². The van der Waals surface area contributed by atoms with Gasteiger partial charge in [-0.3, -0.25) is 4.79 Å². The highest BCUT2D eigenvalue weighted by atomic mass is 35.5. The monoisotopic (exact) mass is 361 g/mol. The van der Waals surface area contributed by atoms with E-state index in [1.54, 1.807) is 18.2 Å². The number of halogens is 1. The average molecular weight is 362 g/mol. The average Bonchev–Trinajstić information content (AvgIpc) is 3.04. The summed E-state index contributed by atoms with van der Waals surface area (Å²) < 4.78 is 15.8. The van der Waals surface area contributed by atoms with Crippen LogP contribution in [0.2, 0.25) is 5.02 Å². The summed E-state index contributed by atoms with van der Waals surface area (Å²) >= 11 is 5.98. The number of nitrogens with one attached hydrogen (secondary N) is 1. The van der Waals surface area contributed by atoms with Gasteiger partial charge in [-0.1, -0.05) is 11.6 Å². The van der Waals surface area contributed by atoms with Crippen LogP contribution in [0.4, 0.5) is 0 Å². The predicted molar refractivity (Wildman–Crippen MR) is 92.2 cm³/mol. The number of nitrogens with zero attached hydrogens (tertiary/aromatic N) is 2. The summed E-state index contributed by atoms with van der Waals surface area (Å²) in [6.07, 6.45) is 0. The van der Waals surface area contributed by atoms with Crippen molar-refractivity contribution < 1.29 is 18.7 Å². The van der Waals surface area contributed by atoms with Gasteiger partial charge in [-0.25, -0.2) is 0 Å². The number of ether oxygens (including phenoxy) is 2. The molecule has 0 fully saturated rings. The topological polar surface area (TPSA) is 86.5 Å². The van der Waals surface area contributed by atoms with Gasteiger partial charge in [0.05, 0.1) is 20.3 Å². The van der Waals surface area contributed by atoms with Crippen LogP contribution in [0.5, 0.6) is 11.9 Å². The van der Waals surface area contributed by atoms with Crippen molar-refractivity contribution in [3.05, 3.63) is 46.8 Å². The number of rotatable bonds is 5. The van der Waals surface area contributed by atoms with E-state index in [4.69, 9.17) is 25.5 Å². The van der Waals surface area contributed by atoms with Crippen molar-refractivity contribution in [3.63, 3.8) is 0 Å². The second-order valence-corrected chi connectivity index (χ2v) is 5.74. The van der Waals surface area contributed by atoms with E-state index in [2.05, 4.69) is 15.3 Å². The number of amides is 1. The van der Waals surface area contributed by atoms with Crippen LogP contribution in [0.15, 0.2) is 34.7 Å². The van der Waals surface area contributed by atoms with E-state index in [1.807, 2.05) is 13.0 Å². The van der Waals surface area contributed by atoms with E-state index in [-0.39, 0.29) is 23.6 Å². The largest absolute Gasteiger partial charge is 0.481 e. The molecule has 0 saturated carbocycles. The van der Waals surface area contributed by atoms with Crippen LogP contribution in [0.1, 0.15) is 29.2 Å². The molecule has 2 heterocycles. The molecule has 130 valence electrons. The number of hydrogen-bond acceptors (Lipinski definition) is 6. The number of benzene rings is 1. The van der Waals surface area contributed by atoms with Crippen molar-refractivity contribution >= 4 is 28.5 Å². The van der Waals surface area contributed by atoms with E-state index < -0.39 is 5.91 Å². The number of furan rings is 1. The Morgan fingerprint density at radius 3 is 2.72 bits per heavy atom. The summed E-state index contributed by atoms with van der Waals surface area (Å²) in [5.41, 5.74) is 0.834. The zero-order chi connectivity index (χ0) is 18.0. The molecule has 0 aliphatic carbocycles. The van der Waals surface area contributed by atoms with Gasteiger partial charge in [0.1, 0.15) is 17.0 Å². The van der Waals surface area contributed by atoms with E-state index in [0.29, 0.717) is 16.4 Å². The molecule has 3 aromatic rings. The van der Waals surface area contributed by atoms with E-state index >= 15 is 0 Å². The van der Waals surface area contributed by atoms with Gasteiger partial charge in [0.15, 0.2) is 0 Å². The molecule has 25 heavy (non-hydrogen) atoms. The lowest BCUT2D eigenvalue weighted by Gasteiger charge is -2.11. The molecular weight excluding hydrogens is 346 g/mol. The van der Waals surface area contributed by atoms with Crippen LogP contribution in [0.25, 0.3) is 11.0 Å². The number of hydrogen-bond donors (Lipinski definition) is 1. The molecule has 0 saturated heterocycles. The molecule has 0 aliphatic heterocycles. The fraction of sp³-hybridized carbons (Fsp3) is 0.235. The van der Waals surface area contributed by atoms with Crippen molar-refractivity contribution in [2.75, 3.05) is 14.2 Å². The van der Waals surface area contributed by atoms with Gasteiger partial charge < -0.3 is 19.2 Å². The summed E-state index contributed by atoms with van der Waals surface area (Å²) in [7, 11) is 2.87. The maximum atomic E-state index is 12.5. The highest BCUT2D eigenvalue weighted by Crippen LogP contribution is 2.26. The molecule has 2 aromatic heterocycles. The van der Waals surface area contributed by atoms with Gasteiger partial charge >= 0.3 is 6.01 Å². The van der Waals surface area contributed by atoms with Gasteiger partial charge in [-0.05, 0) is 31.2 Å². The smallest absolute Gasteiger partial charge is 0.320 e. The first-order valence-corrected chi connectivity index (χ1v) is 7.85. The van der Waals surface area contributed by atoms with Crippen molar-refractivity contribution in [1.29, 1.82) is 0 Å². The highest BCUT2D eigenvalue weighted by Gasteiger charge is 2.18. The highest BCUT2D eigenvalue weighted by molar-refractivity contribution is 6.31. The summed E-state index contributed by atoms with van der Waals surface area (Å²) in [6.45, 7) is 1.81. The normalized spacial score (nSPS) is 12.0. The Kier molecular flexibility index (Phi) is 4.76. The molecular formula is C17H16ClN3O4.